The van der Waals surface area contributed by atoms with Crippen LogP contribution in [0.2, 0.25) is 0 Å². The Hall–Kier alpha value is -1.82. The molecule has 1 aliphatic rings. The summed E-state index contributed by atoms with van der Waals surface area (Å²) >= 11 is 1.42. The van der Waals surface area contributed by atoms with E-state index in [1.807, 2.05) is 42.2 Å². The van der Waals surface area contributed by atoms with Crippen LogP contribution in [0.5, 0.6) is 0 Å². The number of carbonyl (C=O) groups is 1. The van der Waals surface area contributed by atoms with Crippen molar-refractivity contribution in [1.82, 2.24) is 20.1 Å². The molecular formula is C18H24N4OS. The molecule has 1 N–H and O–H groups in total. The fraction of sp³-hybridized carbons (Fsp3) is 0.500. The molecule has 0 radical (unpaired) electrons. The Labute approximate surface area is 147 Å². The van der Waals surface area contributed by atoms with Gasteiger partial charge in [-0.05, 0) is 40.0 Å². The molecule has 3 rings (SSSR count). The number of carbonyl (C=O) groups excluding carboxylic acids is 1. The first-order chi connectivity index (χ1) is 11.6. The fourth-order valence-corrected chi connectivity index (χ4v) is 4.08. The minimum Gasteiger partial charge on any atom is -0.336 e. The lowest BCUT2D eigenvalue weighted by Crippen LogP contribution is -2.50. The van der Waals surface area contributed by atoms with Gasteiger partial charge in [0.15, 0.2) is 5.82 Å². The molecule has 2 aromatic rings. The van der Waals surface area contributed by atoms with Crippen LogP contribution in [0.25, 0.3) is 11.4 Å². The molecule has 128 valence electrons. The summed E-state index contributed by atoms with van der Waals surface area (Å²) in [7, 11) is 0. The molecule has 1 saturated heterocycles. The number of hydrogen-bond donors (Lipinski definition) is 1. The largest absolute Gasteiger partial charge is 0.336 e. The Balaban J connectivity index is 1.67. The number of aromatic amines is 1. The Morgan fingerprint density at radius 3 is 2.58 bits per heavy atom. The number of nitrogens with one attached hydrogen (secondary N) is 1. The van der Waals surface area contributed by atoms with Gasteiger partial charge in [0.05, 0.1) is 5.25 Å². The van der Waals surface area contributed by atoms with Crippen molar-refractivity contribution in [2.75, 3.05) is 0 Å². The standard InChI is InChI=1S/C18H24N4OS/c1-12-8-7-9-13(2)22(12)17(23)14(3)24-18-19-16(20-21-18)15-10-5-4-6-11-15/h4-6,10-14H,7-9H2,1-3H3,(H,19,20,21). The molecule has 5 nitrogen and oxygen atoms in total. The Morgan fingerprint density at radius 1 is 1.25 bits per heavy atom. The lowest BCUT2D eigenvalue weighted by molar-refractivity contribution is -0.136. The molecule has 3 atom stereocenters. The van der Waals surface area contributed by atoms with Gasteiger partial charge in [-0.15, -0.1) is 5.10 Å². The number of aromatic nitrogens is 3. The van der Waals surface area contributed by atoms with Crippen LogP contribution in [-0.2, 0) is 4.79 Å². The molecule has 6 heteroatoms. The maximum atomic E-state index is 12.8. The van der Waals surface area contributed by atoms with E-state index >= 15 is 0 Å². The number of nitrogens with zero attached hydrogens (tertiary/aromatic N) is 3. The predicted octanol–water partition coefficient (Wildman–Crippen LogP) is 3.74. The Morgan fingerprint density at radius 2 is 1.92 bits per heavy atom. The number of hydrogen-bond acceptors (Lipinski definition) is 4. The van der Waals surface area contributed by atoms with Gasteiger partial charge in [-0.25, -0.2) is 4.98 Å². The summed E-state index contributed by atoms with van der Waals surface area (Å²) in [5.41, 5.74) is 0.995. The molecule has 0 aliphatic carbocycles. The quantitative estimate of drug-likeness (QED) is 0.858. The summed E-state index contributed by atoms with van der Waals surface area (Å²) in [6.45, 7) is 6.23. The number of benzene rings is 1. The number of likely N-dealkylation sites (tertiary alicyclic amines) is 1. The van der Waals surface area contributed by atoms with Gasteiger partial charge in [-0.2, -0.15) is 0 Å². The van der Waals surface area contributed by atoms with Crippen LogP contribution in [-0.4, -0.2) is 43.3 Å². The van der Waals surface area contributed by atoms with Gasteiger partial charge in [0.2, 0.25) is 11.1 Å². The average molecular weight is 344 g/mol. The molecule has 2 heterocycles. The van der Waals surface area contributed by atoms with Gasteiger partial charge in [0, 0.05) is 17.6 Å². The van der Waals surface area contributed by atoms with Gasteiger partial charge in [-0.3, -0.25) is 9.89 Å². The van der Waals surface area contributed by atoms with Gasteiger partial charge in [-0.1, -0.05) is 42.1 Å². The smallest absolute Gasteiger partial charge is 0.236 e. The second-order valence-corrected chi connectivity index (χ2v) is 7.78. The lowest BCUT2D eigenvalue weighted by atomic mass is 9.97. The normalized spacial score (nSPS) is 22.4. The molecule has 24 heavy (non-hydrogen) atoms. The van der Waals surface area contributed by atoms with Crippen LogP contribution in [0, 0.1) is 0 Å². The summed E-state index contributed by atoms with van der Waals surface area (Å²) in [5, 5.41) is 7.64. The van der Waals surface area contributed by atoms with Gasteiger partial charge >= 0.3 is 0 Å². The second-order valence-electron chi connectivity index (χ2n) is 6.47. The third-order valence-electron chi connectivity index (χ3n) is 4.59. The molecule has 1 amide bonds. The Kier molecular flexibility index (Phi) is 5.23. The van der Waals surface area contributed by atoms with Crippen molar-refractivity contribution in [2.45, 2.75) is 62.5 Å². The zero-order valence-corrected chi connectivity index (χ0v) is 15.2. The number of rotatable bonds is 4. The maximum absolute atomic E-state index is 12.8. The zero-order chi connectivity index (χ0) is 17.1. The minimum absolute atomic E-state index is 0.186. The first-order valence-electron chi connectivity index (χ1n) is 8.53. The first kappa shape index (κ1) is 17.0. The van der Waals surface area contributed by atoms with Gasteiger partial charge < -0.3 is 4.90 Å². The highest BCUT2D eigenvalue weighted by Crippen LogP contribution is 2.28. The van der Waals surface area contributed by atoms with Crippen LogP contribution in [0.1, 0.15) is 40.0 Å². The molecule has 1 aromatic carbocycles. The first-order valence-corrected chi connectivity index (χ1v) is 9.41. The van der Waals surface area contributed by atoms with Gasteiger partial charge in [0.25, 0.3) is 0 Å². The molecular weight excluding hydrogens is 320 g/mol. The highest BCUT2D eigenvalue weighted by molar-refractivity contribution is 8.00. The highest BCUT2D eigenvalue weighted by Gasteiger charge is 2.32. The number of amides is 1. The van der Waals surface area contributed by atoms with Crippen molar-refractivity contribution in [3.8, 4) is 11.4 Å². The molecule has 1 fully saturated rings. The number of H-pyrrole nitrogens is 1. The molecule has 1 aromatic heterocycles. The lowest BCUT2D eigenvalue weighted by Gasteiger charge is -2.40. The van der Waals surface area contributed by atoms with Crippen molar-refractivity contribution >= 4 is 17.7 Å². The molecule has 0 spiro atoms. The van der Waals surface area contributed by atoms with Crippen molar-refractivity contribution in [1.29, 1.82) is 0 Å². The van der Waals surface area contributed by atoms with Crippen molar-refractivity contribution in [3.63, 3.8) is 0 Å². The van der Waals surface area contributed by atoms with E-state index in [2.05, 4.69) is 29.0 Å². The molecule has 0 saturated carbocycles. The van der Waals surface area contributed by atoms with Crippen LogP contribution in [0.3, 0.4) is 0 Å². The average Bonchev–Trinajstić information content (AvgIpc) is 3.04. The summed E-state index contributed by atoms with van der Waals surface area (Å²) in [6.07, 6.45) is 3.38. The minimum atomic E-state index is -0.188. The molecule has 0 bridgehead atoms. The summed E-state index contributed by atoms with van der Waals surface area (Å²) in [5.74, 6) is 0.920. The monoisotopic (exact) mass is 344 g/mol. The highest BCUT2D eigenvalue weighted by atomic mass is 32.2. The van der Waals surface area contributed by atoms with E-state index in [-0.39, 0.29) is 11.2 Å². The van der Waals surface area contributed by atoms with Gasteiger partial charge in [0.1, 0.15) is 0 Å². The van der Waals surface area contributed by atoms with E-state index in [1.165, 1.54) is 18.2 Å². The molecule has 3 unspecified atom stereocenters. The summed E-state index contributed by atoms with van der Waals surface area (Å²) < 4.78 is 0. The van der Waals surface area contributed by atoms with E-state index in [4.69, 9.17) is 0 Å². The SMILES string of the molecule is CC(Sc1n[nH]c(-c2ccccc2)n1)C(=O)N1C(C)CCCC1C. The Bertz CT molecular complexity index is 677. The third kappa shape index (κ3) is 3.64. The van der Waals surface area contributed by atoms with Crippen molar-refractivity contribution in [3.05, 3.63) is 30.3 Å². The van der Waals surface area contributed by atoms with E-state index in [9.17, 15) is 4.79 Å². The van der Waals surface area contributed by atoms with Crippen LogP contribution in [0.15, 0.2) is 35.5 Å². The third-order valence-corrected chi connectivity index (χ3v) is 5.54. The molecule has 1 aliphatic heterocycles. The summed E-state index contributed by atoms with van der Waals surface area (Å²) in [6, 6.07) is 10.5. The maximum Gasteiger partial charge on any atom is 0.236 e. The second kappa shape index (κ2) is 7.38. The van der Waals surface area contributed by atoms with E-state index < -0.39 is 0 Å². The summed E-state index contributed by atoms with van der Waals surface area (Å²) in [4.78, 5) is 19.4. The van der Waals surface area contributed by atoms with Crippen molar-refractivity contribution in [2.24, 2.45) is 0 Å². The predicted molar refractivity (Wildman–Crippen MR) is 96.8 cm³/mol. The zero-order valence-electron chi connectivity index (χ0n) is 14.4. The topological polar surface area (TPSA) is 61.9 Å². The van der Waals surface area contributed by atoms with Crippen molar-refractivity contribution < 1.29 is 4.79 Å². The van der Waals surface area contributed by atoms with E-state index in [0.717, 1.165) is 24.2 Å². The van der Waals surface area contributed by atoms with Crippen LogP contribution < -0.4 is 0 Å². The van der Waals surface area contributed by atoms with Crippen LogP contribution in [0.4, 0.5) is 0 Å². The number of piperidine rings is 1. The van der Waals surface area contributed by atoms with E-state index in [1.54, 1.807) is 0 Å². The fourth-order valence-electron chi connectivity index (χ4n) is 3.30. The van der Waals surface area contributed by atoms with Crippen LogP contribution >= 0.6 is 11.8 Å². The number of thioether (sulfide) groups is 1. The van der Waals surface area contributed by atoms with E-state index in [0.29, 0.717) is 17.2 Å².